The predicted octanol–water partition coefficient (Wildman–Crippen LogP) is 3.75. The molecular formula is C29H38N6O5S. The van der Waals surface area contributed by atoms with Crippen LogP contribution >= 0.6 is 0 Å². The molecule has 11 nitrogen and oxygen atoms in total. The van der Waals surface area contributed by atoms with Gasteiger partial charge in [-0.05, 0) is 69.1 Å². The van der Waals surface area contributed by atoms with Crippen molar-refractivity contribution in [3.63, 3.8) is 0 Å². The van der Waals surface area contributed by atoms with Crippen LogP contribution in [0, 0.1) is 6.92 Å². The normalized spacial score (nSPS) is 11.9. The fourth-order valence-corrected chi connectivity index (χ4v) is 5.85. The van der Waals surface area contributed by atoms with Crippen LogP contribution in [0.3, 0.4) is 0 Å². The number of hydrogen-bond donors (Lipinski definition) is 3. The summed E-state index contributed by atoms with van der Waals surface area (Å²) in [6.07, 6.45) is 2.44. The first-order valence-electron chi connectivity index (χ1n) is 13.9. The fourth-order valence-electron chi connectivity index (χ4n) is 4.76. The molecule has 220 valence electrons. The molecule has 0 fully saturated rings. The van der Waals surface area contributed by atoms with Crippen molar-refractivity contribution in [2.45, 2.75) is 58.4 Å². The van der Waals surface area contributed by atoms with Crippen molar-refractivity contribution in [2.24, 2.45) is 0 Å². The van der Waals surface area contributed by atoms with Crippen LogP contribution in [0.1, 0.15) is 50.7 Å². The van der Waals surface area contributed by atoms with Gasteiger partial charge in [0.15, 0.2) is 11.3 Å². The highest BCUT2D eigenvalue weighted by Crippen LogP contribution is 2.31. The van der Waals surface area contributed by atoms with E-state index < -0.39 is 10.0 Å². The third-order valence-corrected chi connectivity index (χ3v) is 7.98. The number of aromatic nitrogens is 4. The van der Waals surface area contributed by atoms with Crippen LogP contribution in [0.25, 0.3) is 16.9 Å². The third kappa shape index (κ3) is 6.95. The summed E-state index contributed by atoms with van der Waals surface area (Å²) in [7, 11) is -3.98. The Hall–Kier alpha value is -3.74. The first-order valence-corrected chi connectivity index (χ1v) is 15.4. The van der Waals surface area contributed by atoms with Crippen molar-refractivity contribution in [3.8, 4) is 17.1 Å². The molecule has 3 N–H and O–H groups in total. The number of rotatable bonds is 14. The lowest BCUT2D eigenvalue weighted by Crippen LogP contribution is -2.27. The summed E-state index contributed by atoms with van der Waals surface area (Å²) in [6, 6.07) is 11.6. The number of fused-ring (bicyclic) bond motifs is 1. The largest absolute Gasteiger partial charge is 0.493 e. The van der Waals surface area contributed by atoms with E-state index in [0.717, 1.165) is 24.9 Å². The minimum Gasteiger partial charge on any atom is -0.493 e. The molecule has 2 aromatic heterocycles. The molecule has 0 aliphatic carbocycles. The van der Waals surface area contributed by atoms with Crippen molar-refractivity contribution in [1.29, 1.82) is 0 Å². The smallest absolute Gasteiger partial charge is 0.277 e. The number of anilines is 1. The Bertz CT molecular complexity index is 1640. The van der Waals surface area contributed by atoms with Gasteiger partial charge in [-0.1, -0.05) is 26.0 Å². The minimum atomic E-state index is -3.98. The topological polar surface area (TPSA) is 142 Å². The van der Waals surface area contributed by atoms with Crippen molar-refractivity contribution in [3.05, 3.63) is 69.9 Å². The number of nitrogens with one attached hydrogen (secondary N) is 2. The number of aromatic amines is 1. The highest BCUT2D eigenvalue weighted by atomic mass is 32.2. The summed E-state index contributed by atoms with van der Waals surface area (Å²) >= 11 is 0. The Morgan fingerprint density at radius 2 is 1.83 bits per heavy atom. The average molecular weight is 583 g/mol. The van der Waals surface area contributed by atoms with Crippen molar-refractivity contribution < 1.29 is 18.3 Å². The van der Waals surface area contributed by atoms with E-state index in [0.29, 0.717) is 60.2 Å². The summed E-state index contributed by atoms with van der Waals surface area (Å²) < 4.78 is 36.8. The molecule has 0 saturated carbocycles. The summed E-state index contributed by atoms with van der Waals surface area (Å²) in [6.45, 7) is 10.2. The summed E-state index contributed by atoms with van der Waals surface area (Å²) in [4.78, 5) is 22.5. The van der Waals surface area contributed by atoms with Crippen LogP contribution in [0.5, 0.6) is 5.75 Å². The summed E-state index contributed by atoms with van der Waals surface area (Å²) in [5.41, 5.74) is 2.35. The molecule has 0 amide bonds. The molecule has 0 atom stereocenters. The maximum absolute atomic E-state index is 13.4. The average Bonchev–Trinajstić information content (AvgIpc) is 3.25. The SMILES string of the molecule is CCCc1nc(C)c2c(=O)[nH]c(-c3cc(S(=O)(=O)Nc4ccc(CN(CCC)CCO)cc4)ccc3OCC)nn12. The molecule has 4 aromatic rings. The molecule has 0 unspecified atom stereocenters. The molecule has 2 heterocycles. The summed E-state index contributed by atoms with van der Waals surface area (Å²) in [5, 5.41) is 13.9. The standard InChI is InChI=1S/C29H38N6O5S/c1-5-8-26-30-20(4)27-29(37)31-28(32-35(26)27)24-18-23(13-14-25(24)40-7-3)41(38,39)33-22-11-9-21(10-12-22)19-34(15-6-2)16-17-36/h9-14,18,33,36H,5-8,15-17,19H2,1-4H3,(H,31,32,37). The van der Waals surface area contributed by atoms with E-state index in [2.05, 4.69) is 31.6 Å². The quantitative estimate of drug-likeness (QED) is 0.204. The van der Waals surface area contributed by atoms with E-state index in [1.807, 2.05) is 26.0 Å². The molecule has 0 aliphatic heterocycles. The lowest BCUT2D eigenvalue weighted by atomic mass is 10.2. The van der Waals surface area contributed by atoms with Gasteiger partial charge >= 0.3 is 0 Å². The lowest BCUT2D eigenvalue weighted by Gasteiger charge is -2.20. The van der Waals surface area contributed by atoms with E-state index >= 15 is 0 Å². The Morgan fingerprint density at radius 1 is 1.07 bits per heavy atom. The van der Waals surface area contributed by atoms with Crippen molar-refractivity contribution in [2.75, 3.05) is 31.0 Å². The van der Waals surface area contributed by atoms with Crippen LogP contribution < -0.4 is 15.0 Å². The van der Waals surface area contributed by atoms with E-state index in [1.54, 1.807) is 25.1 Å². The Morgan fingerprint density at radius 3 is 2.49 bits per heavy atom. The van der Waals surface area contributed by atoms with E-state index in [4.69, 9.17) is 4.74 Å². The molecular weight excluding hydrogens is 544 g/mol. The number of imidazole rings is 1. The fraction of sp³-hybridized carbons (Fsp3) is 0.414. The van der Waals surface area contributed by atoms with Crippen LogP contribution in [0.15, 0.2) is 52.2 Å². The number of H-pyrrole nitrogens is 1. The highest BCUT2D eigenvalue weighted by molar-refractivity contribution is 7.92. The van der Waals surface area contributed by atoms with Gasteiger partial charge in [-0.3, -0.25) is 14.4 Å². The highest BCUT2D eigenvalue weighted by Gasteiger charge is 2.21. The van der Waals surface area contributed by atoms with E-state index in [-0.39, 0.29) is 22.9 Å². The first-order chi connectivity index (χ1) is 19.7. The molecule has 0 aliphatic rings. The third-order valence-electron chi connectivity index (χ3n) is 6.60. The first kappa shape index (κ1) is 30.2. The van der Waals surface area contributed by atoms with Gasteiger partial charge in [-0.2, -0.15) is 0 Å². The zero-order valence-corrected chi connectivity index (χ0v) is 24.8. The minimum absolute atomic E-state index is 0.00423. The number of nitrogens with zero attached hydrogens (tertiary/aromatic N) is 4. The van der Waals surface area contributed by atoms with E-state index in [9.17, 15) is 18.3 Å². The van der Waals surface area contributed by atoms with Gasteiger partial charge in [0, 0.05) is 25.2 Å². The second-order valence-corrected chi connectivity index (χ2v) is 11.5. The maximum Gasteiger partial charge on any atom is 0.277 e. The zero-order valence-electron chi connectivity index (χ0n) is 24.0. The Labute approximate surface area is 240 Å². The number of aliphatic hydroxyl groups excluding tert-OH is 1. The second-order valence-electron chi connectivity index (χ2n) is 9.82. The van der Waals surface area contributed by atoms with Crippen molar-refractivity contribution >= 4 is 21.2 Å². The van der Waals surface area contributed by atoms with Crippen molar-refractivity contribution in [1.82, 2.24) is 24.5 Å². The molecule has 41 heavy (non-hydrogen) atoms. The maximum atomic E-state index is 13.4. The molecule has 0 saturated heterocycles. The zero-order chi connectivity index (χ0) is 29.6. The van der Waals surface area contributed by atoms with Gasteiger partial charge < -0.3 is 14.8 Å². The molecule has 0 bridgehead atoms. The number of aliphatic hydroxyl groups is 1. The number of hydrogen-bond acceptors (Lipinski definition) is 8. The molecule has 2 aromatic carbocycles. The van der Waals surface area contributed by atoms with Gasteiger partial charge in [-0.15, -0.1) is 5.10 Å². The predicted molar refractivity (Wildman–Crippen MR) is 159 cm³/mol. The number of aryl methyl sites for hydroxylation is 2. The molecule has 12 heteroatoms. The monoisotopic (exact) mass is 582 g/mol. The van der Waals surface area contributed by atoms with Crippen LogP contribution in [0.2, 0.25) is 0 Å². The lowest BCUT2D eigenvalue weighted by molar-refractivity contribution is 0.190. The second kappa shape index (κ2) is 13.3. The van der Waals surface area contributed by atoms with Gasteiger partial charge in [-0.25, -0.2) is 17.9 Å². The van der Waals surface area contributed by atoms with E-state index in [1.165, 1.54) is 16.6 Å². The van der Waals surface area contributed by atoms with Crippen LogP contribution in [0.4, 0.5) is 5.69 Å². The number of ether oxygens (including phenoxy) is 1. The Balaban J connectivity index is 1.66. The number of sulfonamides is 1. The van der Waals surface area contributed by atoms with Gasteiger partial charge in [0.2, 0.25) is 0 Å². The summed E-state index contributed by atoms with van der Waals surface area (Å²) in [5.74, 6) is 1.24. The number of benzene rings is 2. The van der Waals surface area contributed by atoms with Gasteiger partial charge in [0.05, 0.1) is 29.4 Å². The molecule has 0 spiro atoms. The molecule has 0 radical (unpaired) electrons. The van der Waals surface area contributed by atoms with Gasteiger partial charge in [0.25, 0.3) is 15.6 Å². The Kier molecular flexibility index (Phi) is 9.79. The van der Waals surface area contributed by atoms with Gasteiger partial charge in [0.1, 0.15) is 11.6 Å². The van der Waals surface area contributed by atoms with Crippen LogP contribution in [-0.4, -0.2) is 64.3 Å². The molecule has 4 rings (SSSR count). The van der Waals surface area contributed by atoms with Crippen LogP contribution in [-0.2, 0) is 23.0 Å².